The average Bonchev–Trinajstić information content (AvgIpc) is 2.78. The molecule has 7 nitrogen and oxygen atoms in total. The maximum Gasteiger partial charge on any atom is 0.269 e. The summed E-state index contributed by atoms with van der Waals surface area (Å²) in [5.74, 6) is -0.115. The normalized spacial score (nSPS) is 10.8. The van der Waals surface area contributed by atoms with Crippen LogP contribution in [0, 0.1) is 28.4 Å². The van der Waals surface area contributed by atoms with E-state index in [2.05, 4.69) is 5.32 Å². The number of halogens is 1. The number of carbonyl (C=O) groups excluding carboxylic acids is 1. The third-order valence-corrected chi connectivity index (χ3v) is 4.78. The van der Waals surface area contributed by atoms with E-state index in [1.165, 1.54) is 18.2 Å². The van der Waals surface area contributed by atoms with Gasteiger partial charge in [0.1, 0.15) is 24.0 Å². The molecule has 0 heterocycles. The highest BCUT2D eigenvalue weighted by atomic mass is 35.5. The number of nitrogens with zero attached hydrogens (tertiary/aromatic N) is 2. The molecule has 0 aliphatic rings. The first kappa shape index (κ1) is 22.5. The van der Waals surface area contributed by atoms with Crippen LogP contribution in [-0.4, -0.2) is 10.8 Å². The Balaban J connectivity index is 1.67. The van der Waals surface area contributed by atoms with Gasteiger partial charge in [0.25, 0.3) is 11.6 Å². The smallest absolute Gasteiger partial charge is 0.269 e. The Hall–Kier alpha value is -4.15. The zero-order valence-electron chi connectivity index (χ0n) is 17.0. The summed E-state index contributed by atoms with van der Waals surface area (Å²) in [7, 11) is 0. The molecule has 32 heavy (non-hydrogen) atoms. The first-order chi connectivity index (χ1) is 15.4. The molecule has 0 aromatic heterocycles. The molecule has 0 radical (unpaired) electrons. The van der Waals surface area contributed by atoms with Crippen LogP contribution in [0.2, 0.25) is 5.02 Å². The van der Waals surface area contributed by atoms with Gasteiger partial charge in [-0.05, 0) is 60.5 Å². The minimum atomic E-state index is -0.522. The number of nitrogens with one attached hydrogen (secondary N) is 1. The van der Waals surface area contributed by atoms with Gasteiger partial charge in [0.2, 0.25) is 0 Å². The van der Waals surface area contributed by atoms with E-state index in [9.17, 15) is 20.2 Å². The maximum absolute atomic E-state index is 12.4. The highest BCUT2D eigenvalue weighted by Gasteiger charge is 2.11. The topological polar surface area (TPSA) is 105 Å². The van der Waals surface area contributed by atoms with Crippen LogP contribution in [0.3, 0.4) is 0 Å². The van der Waals surface area contributed by atoms with E-state index in [0.29, 0.717) is 22.0 Å². The molecule has 0 spiro atoms. The fraction of sp³-hybridized carbons (Fsp3) is 0.0833. The Morgan fingerprint density at radius 1 is 1.16 bits per heavy atom. The second kappa shape index (κ2) is 10.2. The molecule has 8 heteroatoms. The zero-order chi connectivity index (χ0) is 23.1. The van der Waals surface area contributed by atoms with Crippen molar-refractivity contribution in [2.24, 2.45) is 0 Å². The fourth-order valence-electron chi connectivity index (χ4n) is 2.75. The number of anilines is 1. The third kappa shape index (κ3) is 5.94. The van der Waals surface area contributed by atoms with E-state index in [1.807, 2.05) is 25.1 Å². The van der Waals surface area contributed by atoms with Crippen molar-refractivity contribution in [1.29, 1.82) is 5.26 Å². The molecule has 0 bridgehead atoms. The van der Waals surface area contributed by atoms with Crippen molar-refractivity contribution in [3.63, 3.8) is 0 Å². The van der Waals surface area contributed by atoms with Gasteiger partial charge in [-0.3, -0.25) is 14.9 Å². The quantitative estimate of drug-likeness (QED) is 0.217. The number of amides is 1. The molecule has 1 amide bonds. The lowest BCUT2D eigenvalue weighted by Gasteiger charge is -2.09. The molecule has 3 aromatic rings. The molecule has 3 aromatic carbocycles. The highest BCUT2D eigenvalue weighted by Crippen LogP contribution is 2.27. The van der Waals surface area contributed by atoms with Crippen LogP contribution in [-0.2, 0) is 11.4 Å². The number of benzene rings is 3. The minimum absolute atomic E-state index is 0.00244. The number of nitro groups is 1. The number of carbonyl (C=O) groups is 1. The SMILES string of the molecule is Cc1ccc(NC(=O)/C(C#N)=C/c2ccc(OCc3ccc([N+](=O)[O-])cc3)c(Cl)c2)cc1. The van der Waals surface area contributed by atoms with Gasteiger partial charge in [-0.2, -0.15) is 5.26 Å². The summed E-state index contributed by atoms with van der Waals surface area (Å²) in [4.78, 5) is 22.7. The number of rotatable bonds is 7. The van der Waals surface area contributed by atoms with Gasteiger partial charge in [-0.1, -0.05) is 35.4 Å². The Kier molecular flexibility index (Phi) is 7.21. The van der Waals surface area contributed by atoms with Crippen LogP contribution in [0.1, 0.15) is 16.7 Å². The first-order valence-electron chi connectivity index (χ1n) is 9.51. The Morgan fingerprint density at radius 3 is 2.44 bits per heavy atom. The third-order valence-electron chi connectivity index (χ3n) is 4.48. The van der Waals surface area contributed by atoms with Crippen molar-refractivity contribution in [2.75, 3.05) is 5.32 Å². The second-order valence-electron chi connectivity index (χ2n) is 6.89. The van der Waals surface area contributed by atoms with Crippen LogP contribution in [0.25, 0.3) is 6.08 Å². The second-order valence-corrected chi connectivity index (χ2v) is 7.30. The fourth-order valence-corrected chi connectivity index (χ4v) is 2.99. The standard InChI is InChI=1S/C24H18ClN3O4/c1-16-2-7-20(8-3-16)27-24(29)19(14-26)12-18-6-11-23(22(25)13-18)32-15-17-4-9-21(10-5-17)28(30)31/h2-13H,15H2,1H3,(H,27,29)/b19-12+. The van der Waals surface area contributed by atoms with Crippen LogP contribution in [0.5, 0.6) is 5.75 Å². The molecule has 0 unspecified atom stereocenters. The van der Waals surface area contributed by atoms with Crippen LogP contribution in [0.15, 0.2) is 72.3 Å². The van der Waals surface area contributed by atoms with Crippen molar-refractivity contribution in [3.8, 4) is 11.8 Å². The number of non-ortho nitro benzene ring substituents is 1. The molecule has 0 saturated carbocycles. The van der Waals surface area contributed by atoms with Crippen molar-refractivity contribution in [2.45, 2.75) is 13.5 Å². The van der Waals surface area contributed by atoms with Gasteiger partial charge < -0.3 is 10.1 Å². The molecule has 0 aliphatic heterocycles. The number of hydrogen-bond acceptors (Lipinski definition) is 5. The van der Waals surface area contributed by atoms with Crippen molar-refractivity contribution in [3.05, 3.63) is 104 Å². The summed E-state index contributed by atoms with van der Waals surface area (Å²) in [6.45, 7) is 2.12. The monoisotopic (exact) mass is 447 g/mol. The van der Waals surface area contributed by atoms with Gasteiger partial charge in [-0.25, -0.2) is 0 Å². The van der Waals surface area contributed by atoms with E-state index >= 15 is 0 Å². The van der Waals surface area contributed by atoms with Gasteiger partial charge in [0.15, 0.2) is 0 Å². The van der Waals surface area contributed by atoms with E-state index in [0.717, 1.165) is 11.1 Å². The lowest BCUT2D eigenvalue weighted by atomic mass is 10.1. The first-order valence-corrected chi connectivity index (χ1v) is 9.89. The van der Waals surface area contributed by atoms with E-state index < -0.39 is 10.8 Å². The number of nitriles is 1. The molecule has 1 N–H and O–H groups in total. The zero-order valence-corrected chi connectivity index (χ0v) is 17.8. The number of ether oxygens (including phenoxy) is 1. The van der Waals surface area contributed by atoms with Gasteiger partial charge in [-0.15, -0.1) is 0 Å². The average molecular weight is 448 g/mol. The highest BCUT2D eigenvalue weighted by molar-refractivity contribution is 6.32. The van der Waals surface area contributed by atoms with Crippen molar-refractivity contribution >= 4 is 35.0 Å². The van der Waals surface area contributed by atoms with Crippen LogP contribution >= 0.6 is 11.6 Å². The lowest BCUT2D eigenvalue weighted by molar-refractivity contribution is -0.384. The molecule has 160 valence electrons. The van der Waals surface area contributed by atoms with E-state index in [-0.39, 0.29) is 17.9 Å². The molecule has 0 fully saturated rings. The molecule has 0 saturated heterocycles. The predicted molar refractivity (Wildman–Crippen MR) is 122 cm³/mol. The summed E-state index contributed by atoms with van der Waals surface area (Å²) >= 11 is 6.29. The molecular formula is C24H18ClN3O4. The maximum atomic E-state index is 12.4. The minimum Gasteiger partial charge on any atom is -0.487 e. The summed E-state index contributed by atoms with van der Waals surface area (Å²) in [5.41, 5.74) is 2.90. The van der Waals surface area contributed by atoms with E-state index in [4.69, 9.17) is 16.3 Å². The Morgan fingerprint density at radius 2 is 1.84 bits per heavy atom. The van der Waals surface area contributed by atoms with E-state index in [1.54, 1.807) is 42.5 Å². The Labute approximate surface area is 189 Å². The molecule has 3 rings (SSSR count). The Bertz CT molecular complexity index is 1210. The predicted octanol–water partition coefficient (Wildman–Crippen LogP) is 5.68. The molecule has 0 aliphatic carbocycles. The molecule has 0 atom stereocenters. The summed E-state index contributed by atoms with van der Waals surface area (Å²) in [6.07, 6.45) is 1.44. The number of hydrogen-bond donors (Lipinski definition) is 1. The van der Waals surface area contributed by atoms with Gasteiger partial charge >= 0.3 is 0 Å². The lowest BCUT2D eigenvalue weighted by Crippen LogP contribution is -2.13. The number of aryl methyl sites for hydroxylation is 1. The van der Waals surface area contributed by atoms with Crippen molar-refractivity contribution < 1.29 is 14.5 Å². The van der Waals surface area contributed by atoms with Gasteiger partial charge in [0.05, 0.1) is 9.95 Å². The summed E-state index contributed by atoms with van der Waals surface area (Å²) < 4.78 is 5.68. The van der Waals surface area contributed by atoms with Crippen molar-refractivity contribution in [1.82, 2.24) is 0 Å². The van der Waals surface area contributed by atoms with Gasteiger partial charge in [0, 0.05) is 17.8 Å². The van der Waals surface area contributed by atoms with Crippen LogP contribution < -0.4 is 10.1 Å². The molecular weight excluding hydrogens is 430 g/mol. The van der Waals surface area contributed by atoms with Crippen LogP contribution in [0.4, 0.5) is 11.4 Å². The summed E-state index contributed by atoms with van der Waals surface area (Å²) in [5, 5.41) is 23.1. The summed E-state index contributed by atoms with van der Waals surface area (Å²) in [6, 6.07) is 20.1. The largest absolute Gasteiger partial charge is 0.487 e. The number of nitro benzene ring substituents is 1.